The smallest absolute Gasteiger partial charge is 0.312 e. The Morgan fingerprint density at radius 2 is 2.09 bits per heavy atom. The summed E-state index contributed by atoms with van der Waals surface area (Å²) in [6.07, 6.45) is 16.4. The lowest BCUT2D eigenvalue weighted by molar-refractivity contribution is -0.139. The summed E-state index contributed by atoms with van der Waals surface area (Å²) in [7, 11) is 1.71. The van der Waals surface area contributed by atoms with E-state index in [9.17, 15) is 4.79 Å². The molecule has 0 bridgehead atoms. The lowest BCUT2D eigenvalue weighted by Gasteiger charge is -2.21. The minimum absolute atomic E-state index is 0.101. The maximum absolute atomic E-state index is 12.9. The van der Waals surface area contributed by atoms with Gasteiger partial charge in [-0.25, -0.2) is 0 Å². The molecule has 2 aliphatic rings. The summed E-state index contributed by atoms with van der Waals surface area (Å²) in [6.45, 7) is 10.4. The third-order valence-corrected chi connectivity index (χ3v) is 6.10. The van der Waals surface area contributed by atoms with E-state index in [1.807, 2.05) is 13.0 Å². The van der Waals surface area contributed by atoms with Gasteiger partial charge in [0, 0.05) is 44.2 Å². The molecule has 1 unspecified atom stereocenters. The molecule has 32 heavy (non-hydrogen) atoms. The van der Waals surface area contributed by atoms with E-state index in [0.29, 0.717) is 18.7 Å². The number of hydrogen-bond donors (Lipinski definition) is 0. The monoisotopic (exact) mass is 445 g/mol. The fourth-order valence-corrected chi connectivity index (χ4v) is 4.29. The molecule has 180 valence electrons. The van der Waals surface area contributed by atoms with Crippen LogP contribution in [0, 0.1) is 5.92 Å². The first-order valence-corrected chi connectivity index (χ1v) is 12.4. The van der Waals surface area contributed by atoms with Gasteiger partial charge in [0.1, 0.15) is 11.5 Å². The van der Waals surface area contributed by atoms with Gasteiger partial charge in [-0.05, 0) is 37.8 Å². The Morgan fingerprint density at radius 1 is 1.25 bits per heavy atom. The fraction of sp³-hybridized carbons (Fsp3) is 0.667. The van der Waals surface area contributed by atoms with Crippen LogP contribution >= 0.6 is 0 Å². The van der Waals surface area contributed by atoms with Gasteiger partial charge >= 0.3 is 5.97 Å². The average Bonchev–Trinajstić information content (AvgIpc) is 3.14. The molecule has 0 N–H and O–H groups in total. The minimum atomic E-state index is -0.186. The van der Waals surface area contributed by atoms with Crippen molar-refractivity contribution in [3.05, 3.63) is 47.0 Å². The summed E-state index contributed by atoms with van der Waals surface area (Å²) in [5.74, 6) is 1.44. The van der Waals surface area contributed by atoms with E-state index in [-0.39, 0.29) is 11.9 Å². The Morgan fingerprint density at radius 3 is 2.84 bits per heavy atom. The molecule has 0 aromatic rings. The van der Waals surface area contributed by atoms with E-state index in [2.05, 4.69) is 37.0 Å². The van der Waals surface area contributed by atoms with Crippen molar-refractivity contribution in [1.29, 1.82) is 0 Å². The molecule has 5 heteroatoms. The molecule has 1 fully saturated rings. The van der Waals surface area contributed by atoms with Crippen molar-refractivity contribution in [2.24, 2.45) is 5.92 Å². The summed E-state index contributed by atoms with van der Waals surface area (Å²) < 4.78 is 17.3. The highest BCUT2D eigenvalue weighted by Gasteiger charge is 2.24. The SMILES string of the molecule is C/C=C/C(C)C1=C(OC)CC=C(CCCCCC)C=C1OC(=O)CCN1CCCOCC1. The number of ether oxygens (including phenoxy) is 3. The van der Waals surface area contributed by atoms with Crippen LogP contribution in [0.3, 0.4) is 0 Å². The lowest BCUT2D eigenvalue weighted by atomic mass is 9.96. The molecule has 0 spiro atoms. The van der Waals surface area contributed by atoms with Gasteiger partial charge in [0.2, 0.25) is 0 Å². The first kappa shape index (κ1) is 26.4. The molecule has 0 aromatic carbocycles. The second kappa shape index (κ2) is 15.1. The Balaban J connectivity index is 2.14. The third-order valence-electron chi connectivity index (χ3n) is 6.10. The number of unbranched alkanes of at least 4 members (excludes halogenated alkanes) is 3. The van der Waals surface area contributed by atoms with Crippen LogP contribution in [0.15, 0.2) is 47.0 Å². The molecule has 0 saturated carbocycles. The molecular formula is C27H43NO4. The second-order valence-corrected chi connectivity index (χ2v) is 8.69. The predicted octanol–water partition coefficient (Wildman–Crippen LogP) is 5.94. The van der Waals surface area contributed by atoms with E-state index < -0.39 is 0 Å². The van der Waals surface area contributed by atoms with Crippen LogP contribution in [-0.2, 0) is 19.0 Å². The van der Waals surface area contributed by atoms with Crippen molar-refractivity contribution < 1.29 is 19.0 Å². The van der Waals surface area contributed by atoms with Crippen LogP contribution in [0.4, 0.5) is 0 Å². The standard InChI is InChI=1S/C27H43NO4/c1-5-7-8-9-12-23-13-14-24(30-4)27(22(3)11-6-2)25(21-23)32-26(29)15-17-28-16-10-19-31-20-18-28/h6,11,13,21-22H,5,7-10,12,14-20H2,1-4H3/b11-6+. The number of hydrogen-bond acceptors (Lipinski definition) is 5. The molecule has 1 aliphatic heterocycles. The maximum Gasteiger partial charge on any atom is 0.312 e. The third kappa shape index (κ3) is 8.95. The first-order valence-electron chi connectivity index (χ1n) is 12.4. The zero-order valence-corrected chi connectivity index (χ0v) is 20.7. The number of nitrogens with zero attached hydrogens (tertiary/aromatic N) is 1. The van der Waals surface area contributed by atoms with E-state index in [0.717, 1.165) is 63.3 Å². The van der Waals surface area contributed by atoms with Crippen molar-refractivity contribution in [2.75, 3.05) is 40.0 Å². The normalized spacial score (nSPS) is 19.2. The molecule has 5 nitrogen and oxygen atoms in total. The molecular weight excluding hydrogens is 402 g/mol. The number of carbonyl (C=O) groups is 1. The van der Waals surface area contributed by atoms with Gasteiger partial charge in [-0.2, -0.15) is 0 Å². The molecule has 1 atom stereocenters. The fourth-order valence-electron chi connectivity index (χ4n) is 4.29. The summed E-state index contributed by atoms with van der Waals surface area (Å²) >= 11 is 0. The van der Waals surface area contributed by atoms with E-state index >= 15 is 0 Å². The van der Waals surface area contributed by atoms with Gasteiger partial charge in [-0.1, -0.05) is 51.3 Å². The van der Waals surface area contributed by atoms with Crippen molar-refractivity contribution in [1.82, 2.24) is 4.90 Å². The van der Waals surface area contributed by atoms with Gasteiger partial charge in [0.25, 0.3) is 0 Å². The molecule has 1 aliphatic carbocycles. The quantitative estimate of drug-likeness (QED) is 0.211. The molecule has 0 radical (unpaired) electrons. The molecule has 2 rings (SSSR count). The van der Waals surface area contributed by atoms with Crippen molar-refractivity contribution in [2.45, 2.75) is 72.1 Å². The maximum atomic E-state index is 12.9. The Labute approximate surface area is 195 Å². The number of carbonyl (C=O) groups excluding carboxylic acids is 1. The number of allylic oxidation sites excluding steroid dienone is 6. The molecule has 1 heterocycles. The summed E-state index contributed by atoms with van der Waals surface area (Å²) in [5.41, 5.74) is 2.20. The van der Waals surface area contributed by atoms with Crippen LogP contribution < -0.4 is 0 Å². The number of esters is 1. The first-order chi connectivity index (χ1) is 15.6. The topological polar surface area (TPSA) is 48.0 Å². The lowest BCUT2D eigenvalue weighted by Crippen LogP contribution is -2.29. The van der Waals surface area contributed by atoms with Gasteiger partial charge in [-0.3, -0.25) is 4.79 Å². The largest absolute Gasteiger partial charge is 0.500 e. The van der Waals surface area contributed by atoms with Crippen LogP contribution in [0.2, 0.25) is 0 Å². The van der Waals surface area contributed by atoms with Crippen LogP contribution in [0.25, 0.3) is 0 Å². The second-order valence-electron chi connectivity index (χ2n) is 8.69. The summed E-state index contributed by atoms with van der Waals surface area (Å²) in [5, 5.41) is 0. The zero-order chi connectivity index (χ0) is 23.2. The highest BCUT2D eigenvalue weighted by Crippen LogP contribution is 2.33. The molecule has 1 saturated heterocycles. The van der Waals surface area contributed by atoms with Crippen LogP contribution in [0.1, 0.15) is 72.1 Å². The van der Waals surface area contributed by atoms with E-state index in [1.54, 1.807) is 7.11 Å². The average molecular weight is 446 g/mol. The Bertz CT molecular complexity index is 696. The Kier molecular flexibility index (Phi) is 12.4. The number of methoxy groups -OCH3 is 1. The van der Waals surface area contributed by atoms with Crippen LogP contribution in [0.5, 0.6) is 0 Å². The van der Waals surface area contributed by atoms with Gasteiger partial charge < -0.3 is 19.1 Å². The minimum Gasteiger partial charge on any atom is -0.500 e. The number of rotatable bonds is 12. The predicted molar refractivity (Wildman–Crippen MR) is 130 cm³/mol. The summed E-state index contributed by atoms with van der Waals surface area (Å²) in [4.78, 5) is 15.1. The Hall–Kier alpha value is -1.85. The zero-order valence-electron chi connectivity index (χ0n) is 20.7. The van der Waals surface area contributed by atoms with Crippen LogP contribution in [-0.4, -0.2) is 50.8 Å². The molecule has 0 amide bonds. The van der Waals surface area contributed by atoms with E-state index in [1.165, 1.54) is 24.8 Å². The molecule has 0 aromatic heterocycles. The van der Waals surface area contributed by atoms with Gasteiger partial charge in [-0.15, -0.1) is 0 Å². The highest BCUT2D eigenvalue weighted by molar-refractivity contribution is 5.72. The summed E-state index contributed by atoms with van der Waals surface area (Å²) in [6, 6.07) is 0. The van der Waals surface area contributed by atoms with Gasteiger partial charge in [0.15, 0.2) is 0 Å². The van der Waals surface area contributed by atoms with Crippen molar-refractivity contribution in [3.63, 3.8) is 0 Å². The van der Waals surface area contributed by atoms with Crippen molar-refractivity contribution >= 4 is 5.97 Å². The van der Waals surface area contributed by atoms with Gasteiger partial charge in [0.05, 0.1) is 20.1 Å². The highest BCUT2D eigenvalue weighted by atomic mass is 16.5. The van der Waals surface area contributed by atoms with E-state index in [4.69, 9.17) is 14.2 Å². The van der Waals surface area contributed by atoms with Crippen molar-refractivity contribution in [3.8, 4) is 0 Å².